The Kier molecular flexibility index (Phi) is 4.70. The first-order chi connectivity index (χ1) is 9.40. The van der Waals surface area contributed by atoms with E-state index < -0.39 is 10.0 Å². The van der Waals surface area contributed by atoms with Crippen LogP contribution in [-0.4, -0.2) is 8.42 Å². The van der Waals surface area contributed by atoms with Gasteiger partial charge in [-0.2, -0.15) is 0 Å². The van der Waals surface area contributed by atoms with Gasteiger partial charge in [0.1, 0.15) is 4.90 Å². The Morgan fingerprint density at radius 3 is 2.35 bits per heavy atom. The molecule has 0 amide bonds. The van der Waals surface area contributed by atoms with Crippen molar-refractivity contribution >= 4 is 33.2 Å². The molecule has 106 valence electrons. The van der Waals surface area contributed by atoms with Crippen molar-refractivity contribution in [3.63, 3.8) is 0 Å². The van der Waals surface area contributed by atoms with Crippen LogP contribution in [0.1, 0.15) is 18.5 Å². The molecule has 0 aliphatic rings. The molecule has 3 nitrogen and oxygen atoms in total. The number of rotatable bonds is 4. The Labute approximate surface area is 128 Å². The summed E-state index contributed by atoms with van der Waals surface area (Å²) >= 11 is 11.8. The maximum Gasteiger partial charge on any atom is 0.242 e. The van der Waals surface area contributed by atoms with Crippen molar-refractivity contribution in [2.75, 3.05) is 0 Å². The zero-order valence-electron chi connectivity index (χ0n) is 10.7. The smallest absolute Gasteiger partial charge is 0.207 e. The zero-order valence-corrected chi connectivity index (χ0v) is 13.0. The number of benzene rings is 2. The van der Waals surface area contributed by atoms with Crippen molar-refractivity contribution in [1.82, 2.24) is 4.72 Å². The van der Waals surface area contributed by atoms with Crippen LogP contribution in [0.4, 0.5) is 0 Å². The van der Waals surface area contributed by atoms with Gasteiger partial charge in [-0.1, -0.05) is 53.5 Å². The molecule has 2 aromatic rings. The summed E-state index contributed by atoms with van der Waals surface area (Å²) in [5, 5.41) is 0.462. The highest BCUT2D eigenvalue weighted by Crippen LogP contribution is 2.26. The predicted octanol–water partition coefficient (Wildman–Crippen LogP) is 4.03. The van der Waals surface area contributed by atoms with Crippen LogP contribution < -0.4 is 4.72 Å². The lowest BCUT2D eigenvalue weighted by Gasteiger charge is -2.15. The number of halogens is 2. The summed E-state index contributed by atoms with van der Waals surface area (Å²) in [6.45, 7) is 1.77. The maximum absolute atomic E-state index is 12.3. The third-order valence-corrected chi connectivity index (χ3v) is 5.07. The quantitative estimate of drug-likeness (QED) is 0.920. The van der Waals surface area contributed by atoms with E-state index in [4.69, 9.17) is 23.2 Å². The summed E-state index contributed by atoms with van der Waals surface area (Å²) in [5.41, 5.74) is 0.870. The molecule has 0 saturated carbocycles. The van der Waals surface area contributed by atoms with E-state index in [-0.39, 0.29) is 16.0 Å². The molecule has 0 bridgehead atoms. The highest BCUT2D eigenvalue weighted by molar-refractivity contribution is 7.89. The molecular weight excluding hydrogens is 317 g/mol. The zero-order chi connectivity index (χ0) is 14.8. The van der Waals surface area contributed by atoms with Crippen LogP contribution in [0.5, 0.6) is 0 Å². The average Bonchev–Trinajstić information content (AvgIpc) is 2.42. The van der Waals surface area contributed by atoms with Crippen molar-refractivity contribution < 1.29 is 8.42 Å². The third kappa shape index (κ3) is 3.52. The summed E-state index contributed by atoms with van der Waals surface area (Å²) < 4.78 is 27.3. The second-order valence-electron chi connectivity index (χ2n) is 4.33. The van der Waals surface area contributed by atoms with Gasteiger partial charge in [-0.3, -0.25) is 0 Å². The Morgan fingerprint density at radius 2 is 1.70 bits per heavy atom. The molecule has 2 rings (SSSR count). The fourth-order valence-electron chi connectivity index (χ4n) is 1.79. The fraction of sp³-hybridized carbons (Fsp3) is 0.143. The first-order valence-electron chi connectivity index (χ1n) is 5.92. The van der Waals surface area contributed by atoms with Gasteiger partial charge in [-0.05, 0) is 30.7 Å². The molecule has 0 saturated heterocycles. The van der Waals surface area contributed by atoms with E-state index in [2.05, 4.69) is 4.72 Å². The highest BCUT2D eigenvalue weighted by Gasteiger charge is 2.21. The van der Waals surface area contributed by atoms with Crippen LogP contribution >= 0.6 is 23.2 Å². The van der Waals surface area contributed by atoms with Crippen molar-refractivity contribution in [1.29, 1.82) is 0 Å². The molecule has 0 aliphatic heterocycles. The normalized spacial score (nSPS) is 13.2. The molecule has 0 fully saturated rings. The van der Waals surface area contributed by atoms with Crippen LogP contribution in [0.3, 0.4) is 0 Å². The Morgan fingerprint density at radius 1 is 1.05 bits per heavy atom. The molecule has 1 atom stereocenters. The SMILES string of the molecule is CC(NS(=O)(=O)c1cc(Cl)ccc1Cl)c1ccccc1. The summed E-state index contributed by atoms with van der Waals surface area (Å²) in [4.78, 5) is -0.0190. The Balaban J connectivity index is 2.30. The minimum atomic E-state index is -3.73. The van der Waals surface area contributed by atoms with Gasteiger partial charge in [-0.15, -0.1) is 0 Å². The summed E-state index contributed by atoms with van der Waals surface area (Å²) in [5.74, 6) is 0. The molecule has 0 heterocycles. The van der Waals surface area contributed by atoms with Crippen LogP contribution in [0.15, 0.2) is 53.4 Å². The first-order valence-corrected chi connectivity index (χ1v) is 8.16. The van der Waals surface area contributed by atoms with Crippen molar-refractivity contribution in [3.8, 4) is 0 Å². The van der Waals surface area contributed by atoms with Gasteiger partial charge >= 0.3 is 0 Å². The highest BCUT2D eigenvalue weighted by atomic mass is 35.5. The lowest BCUT2D eigenvalue weighted by Crippen LogP contribution is -2.27. The molecular formula is C14H13Cl2NO2S. The lowest BCUT2D eigenvalue weighted by molar-refractivity contribution is 0.567. The molecule has 2 aromatic carbocycles. The fourth-order valence-corrected chi connectivity index (χ4v) is 3.78. The maximum atomic E-state index is 12.3. The minimum Gasteiger partial charge on any atom is -0.207 e. The number of hydrogen-bond donors (Lipinski definition) is 1. The van der Waals surface area contributed by atoms with Gasteiger partial charge in [0.2, 0.25) is 10.0 Å². The predicted molar refractivity (Wildman–Crippen MR) is 81.6 cm³/mol. The molecule has 1 unspecified atom stereocenters. The molecule has 1 N–H and O–H groups in total. The van der Waals surface area contributed by atoms with Crippen molar-refractivity contribution in [2.24, 2.45) is 0 Å². The van der Waals surface area contributed by atoms with Crippen LogP contribution in [-0.2, 0) is 10.0 Å². The van der Waals surface area contributed by atoms with E-state index in [1.54, 1.807) is 13.0 Å². The molecule has 6 heteroatoms. The van der Waals surface area contributed by atoms with Gasteiger partial charge in [0.05, 0.1) is 5.02 Å². The molecule has 0 aromatic heterocycles. The Hall–Kier alpha value is -1.07. The summed E-state index contributed by atoms with van der Waals surface area (Å²) in [6, 6.07) is 13.3. The van der Waals surface area contributed by atoms with E-state index in [1.807, 2.05) is 30.3 Å². The standard InChI is InChI=1S/C14H13Cl2NO2S/c1-10(11-5-3-2-4-6-11)17-20(18,19)14-9-12(15)7-8-13(14)16/h2-10,17H,1H3. The number of sulfonamides is 1. The largest absolute Gasteiger partial charge is 0.242 e. The van der Waals surface area contributed by atoms with Gasteiger partial charge in [0, 0.05) is 11.1 Å². The first kappa shape index (κ1) is 15.3. The molecule has 20 heavy (non-hydrogen) atoms. The number of nitrogens with one attached hydrogen (secondary N) is 1. The minimum absolute atomic E-state index is 0.0190. The third-order valence-electron chi connectivity index (χ3n) is 2.81. The van der Waals surface area contributed by atoms with Crippen molar-refractivity contribution in [3.05, 3.63) is 64.1 Å². The van der Waals surface area contributed by atoms with Crippen molar-refractivity contribution in [2.45, 2.75) is 17.9 Å². The van der Waals surface area contributed by atoms with Gasteiger partial charge in [0.15, 0.2) is 0 Å². The summed E-state index contributed by atoms with van der Waals surface area (Å²) in [6.07, 6.45) is 0. The van der Waals surface area contributed by atoms with Gasteiger partial charge < -0.3 is 0 Å². The van der Waals surface area contributed by atoms with Crippen LogP contribution in [0.25, 0.3) is 0 Å². The number of hydrogen-bond acceptors (Lipinski definition) is 2. The van der Waals surface area contributed by atoms with E-state index >= 15 is 0 Å². The molecule has 0 radical (unpaired) electrons. The lowest BCUT2D eigenvalue weighted by atomic mass is 10.1. The van der Waals surface area contributed by atoms with E-state index in [0.29, 0.717) is 5.02 Å². The average molecular weight is 330 g/mol. The molecule has 0 aliphatic carbocycles. The summed E-state index contributed by atoms with van der Waals surface area (Å²) in [7, 11) is -3.73. The van der Waals surface area contributed by atoms with Gasteiger partial charge in [0.25, 0.3) is 0 Å². The topological polar surface area (TPSA) is 46.2 Å². The van der Waals surface area contributed by atoms with E-state index in [1.165, 1.54) is 12.1 Å². The Bertz CT molecular complexity index is 702. The van der Waals surface area contributed by atoms with E-state index in [0.717, 1.165) is 5.56 Å². The van der Waals surface area contributed by atoms with Gasteiger partial charge in [-0.25, -0.2) is 13.1 Å². The molecule has 0 spiro atoms. The second-order valence-corrected chi connectivity index (χ2v) is 6.85. The second kappa shape index (κ2) is 6.14. The van der Waals surface area contributed by atoms with Crippen LogP contribution in [0.2, 0.25) is 10.0 Å². The monoisotopic (exact) mass is 329 g/mol. The van der Waals surface area contributed by atoms with E-state index in [9.17, 15) is 8.42 Å². The van der Waals surface area contributed by atoms with Crippen LogP contribution in [0, 0.1) is 0 Å².